The van der Waals surface area contributed by atoms with E-state index in [2.05, 4.69) is 35.2 Å². The third kappa shape index (κ3) is 13.5. The molecule has 11 heavy (non-hydrogen) atoms. The van der Waals surface area contributed by atoms with Crippen molar-refractivity contribution in [1.82, 2.24) is 0 Å². The zero-order valence-electron chi connectivity index (χ0n) is 6.03. The van der Waals surface area contributed by atoms with E-state index in [0.29, 0.717) is 0 Å². The van der Waals surface area contributed by atoms with Crippen LogP contribution in [0.1, 0.15) is 0 Å². The molecular formula is C5H13IN2O2S. The molecule has 0 spiro atoms. The number of rotatable bonds is 3. The van der Waals surface area contributed by atoms with Crippen molar-refractivity contribution in [3.05, 3.63) is 0 Å². The summed E-state index contributed by atoms with van der Waals surface area (Å²) in [6.07, 6.45) is 0. The molecule has 0 rings (SSSR count). The van der Waals surface area contributed by atoms with Crippen LogP contribution in [0.2, 0.25) is 0 Å². The molecular weight excluding hydrogens is 279 g/mol. The van der Waals surface area contributed by atoms with E-state index in [1.165, 1.54) is 0 Å². The molecule has 0 aliphatic heterocycles. The maximum absolute atomic E-state index is 9.76. The SMILES string of the molecule is NC(CS)C(=O)O.NCCI. The summed E-state index contributed by atoms with van der Waals surface area (Å²) in [5.74, 6) is -0.815. The number of thiol groups is 1. The average molecular weight is 292 g/mol. The Morgan fingerprint density at radius 2 is 2.09 bits per heavy atom. The summed E-state index contributed by atoms with van der Waals surface area (Å²) in [6, 6.07) is -0.816. The highest BCUT2D eigenvalue weighted by molar-refractivity contribution is 14.1. The van der Waals surface area contributed by atoms with Gasteiger partial charge in [0, 0.05) is 16.7 Å². The molecule has 0 aromatic heterocycles. The highest BCUT2D eigenvalue weighted by Crippen LogP contribution is 1.80. The van der Waals surface area contributed by atoms with Gasteiger partial charge >= 0.3 is 5.97 Å². The summed E-state index contributed by atoms with van der Waals surface area (Å²) in [7, 11) is 0. The quantitative estimate of drug-likeness (QED) is 0.327. The van der Waals surface area contributed by atoms with E-state index in [4.69, 9.17) is 16.6 Å². The molecule has 4 nitrogen and oxygen atoms in total. The Morgan fingerprint density at radius 1 is 1.73 bits per heavy atom. The fourth-order valence-electron chi connectivity index (χ4n) is 0.0781. The molecule has 1 unspecified atom stereocenters. The lowest BCUT2D eigenvalue weighted by Crippen LogP contribution is -2.31. The van der Waals surface area contributed by atoms with E-state index in [1.54, 1.807) is 0 Å². The monoisotopic (exact) mass is 292 g/mol. The summed E-state index contributed by atoms with van der Waals surface area (Å²) < 4.78 is 1.07. The molecule has 1 atom stereocenters. The summed E-state index contributed by atoms with van der Waals surface area (Å²) in [6.45, 7) is 0.806. The number of nitrogens with two attached hydrogens (primary N) is 2. The molecule has 0 bridgehead atoms. The molecule has 0 aliphatic carbocycles. The zero-order chi connectivity index (χ0) is 9.28. The molecule has 0 saturated heterocycles. The van der Waals surface area contributed by atoms with E-state index >= 15 is 0 Å². The largest absolute Gasteiger partial charge is 0.480 e. The van der Waals surface area contributed by atoms with E-state index in [9.17, 15) is 4.79 Å². The number of carboxylic acid groups (broad SMARTS) is 1. The van der Waals surface area contributed by atoms with Crippen molar-refractivity contribution in [3.63, 3.8) is 0 Å². The highest BCUT2D eigenvalue weighted by Gasteiger charge is 2.06. The number of hydrogen-bond donors (Lipinski definition) is 4. The van der Waals surface area contributed by atoms with Gasteiger partial charge in [0.2, 0.25) is 0 Å². The summed E-state index contributed by atoms with van der Waals surface area (Å²) in [5.41, 5.74) is 9.96. The second kappa shape index (κ2) is 10.5. The normalized spacial score (nSPS) is 11.3. The second-order valence-corrected chi connectivity index (χ2v) is 3.05. The molecule has 68 valence electrons. The maximum Gasteiger partial charge on any atom is 0.321 e. The molecule has 0 heterocycles. The molecule has 6 heteroatoms. The Morgan fingerprint density at radius 3 is 2.09 bits per heavy atom. The van der Waals surface area contributed by atoms with Crippen molar-refractivity contribution in [2.24, 2.45) is 11.5 Å². The van der Waals surface area contributed by atoms with Crippen molar-refractivity contribution in [2.45, 2.75) is 6.04 Å². The number of hydrogen-bond acceptors (Lipinski definition) is 4. The summed E-state index contributed by atoms with van der Waals surface area (Å²) in [4.78, 5) is 9.76. The molecule has 0 radical (unpaired) electrons. The zero-order valence-corrected chi connectivity index (χ0v) is 9.09. The highest BCUT2D eigenvalue weighted by atomic mass is 127. The van der Waals surface area contributed by atoms with E-state index in [-0.39, 0.29) is 5.75 Å². The first-order valence-electron chi connectivity index (χ1n) is 2.95. The minimum Gasteiger partial charge on any atom is -0.480 e. The van der Waals surface area contributed by atoms with Gasteiger partial charge in [-0.05, 0) is 0 Å². The van der Waals surface area contributed by atoms with Crippen LogP contribution < -0.4 is 11.5 Å². The molecule has 0 aromatic rings. The van der Waals surface area contributed by atoms with E-state index in [0.717, 1.165) is 11.0 Å². The molecule has 0 aliphatic rings. The van der Waals surface area contributed by atoms with Crippen LogP contribution in [0.25, 0.3) is 0 Å². The Hall–Kier alpha value is 0.470. The fraction of sp³-hybridized carbons (Fsp3) is 0.800. The van der Waals surface area contributed by atoms with E-state index < -0.39 is 12.0 Å². The minimum atomic E-state index is -1.00. The van der Waals surface area contributed by atoms with Gasteiger partial charge in [0.05, 0.1) is 0 Å². The first kappa shape index (κ1) is 14.0. The Bertz CT molecular complexity index is 102. The lowest BCUT2D eigenvalue weighted by Gasteiger charge is -1.96. The van der Waals surface area contributed by atoms with Gasteiger partial charge in [-0.25, -0.2) is 0 Å². The van der Waals surface area contributed by atoms with Crippen molar-refractivity contribution < 1.29 is 9.90 Å². The van der Waals surface area contributed by atoms with Gasteiger partial charge in [0.25, 0.3) is 0 Å². The first-order valence-corrected chi connectivity index (χ1v) is 5.11. The van der Waals surface area contributed by atoms with Crippen LogP contribution in [0.5, 0.6) is 0 Å². The van der Waals surface area contributed by atoms with Crippen molar-refractivity contribution in [2.75, 3.05) is 16.7 Å². The van der Waals surface area contributed by atoms with Crippen molar-refractivity contribution in [1.29, 1.82) is 0 Å². The Labute approximate surface area is 85.3 Å². The van der Waals surface area contributed by atoms with Crippen LogP contribution in [0.3, 0.4) is 0 Å². The number of carboxylic acids is 1. The third-order valence-electron chi connectivity index (χ3n) is 0.623. The fourth-order valence-corrected chi connectivity index (χ4v) is 0.234. The van der Waals surface area contributed by atoms with Gasteiger partial charge in [0.15, 0.2) is 0 Å². The molecule has 5 N–H and O–H groups in total. The average Bonchev–Trinajstić information content (AvgIpc) is 2.03. The lowest BCUT2D eigenvalue weighted by molar-refractivity contribution is -0.137. The number of carbonyl (C=O) groups is 1. The second-order valence-electron chi connectivity index (χ2n) is 1.60. The molecule has 0 aromatic carbocycles. The van der Waals surface area contributed by atoms with Gasteiger partial charge in [0.1, 0.15) is 6.04 Å². The van der Waals surface area contributed by atoms with Crippen molar-refractivity contribution >= 4 is 41.2 Å². The molecule has 0 fully saturated rings. The van der Waals surface area contributed by atoms with Gasteiger partial charge in [-0.2, -0.15) is 12.6 Å². The molecule has 0 amide bonds. The van der Waals surface area contributed by atoms with Gasteiger partial charge < -0.3 is 16.6 Å². The van der Waals surface area contributed by atoms with Crippen LogP contribution in [-0.4, -0.2) is 33.8 Å². The van der Waals surface area contributed by atoms with Crippen LogP contribution in [0.15, 0.2) is 0 Å². The van der Waals surface area contributed by atoms with Crippen LogP contribution in [0, 0.1) is 0 Å². The standard InChI is InChI=1S/C3H7NO2S.C2H6IN/c4-2(1-7)3(5)6;3-1-2-4/h2,7H,1,4H2,(H,5,6);1-2,4H2. The van der Waals surface area contributed by atoms with Gasteiger partial charge in [-0.15, -0.1) is 0 Å². The molecule has 0 saturated carbocycles. The maximum atomic E-state index is 9.76. The lowest BCUT2D eigenvalue weighted by atomic mass is 10.4. The van der Waals surface area contributed by atoms with Gasteiger partial charge in [-0.3, -0.25) is 4.79 Å². The van der Waals surface area contributed by atoms with Crippen LogP contribution in [-0.2, 0) is 4.79 Å². The third-order valence-corrected chi connectivity index (χ3v) is 1.64. The van der Waals surface area contributed by atoms with Gasteiger partial charge in [-0.1, -0.05) is 22.6 Å². The summed E-state index contributed by atoms with van der Waals surface area (Å²) in [5, 5.41) is 8.01. The van der Waals surface area contributed by atoms with Crippen LogP contribution in [0.4, 0.5) is 0 Å². The smallest absolute Gasteiger partial charge is 0.321 e. The Balaban J connectivity index is 0. The minimum absolute atomic E-state index is 0.190. The number of aliphatic carboxylic acids is 1. The Kier molecular flexibility index (Phi) is 13.3. The number of alkyl halides is 1. The first-order chi connectivity index (χ1) is 5.09. The topological polar surface area (TPSA) is 89.3 Å². The van der Waals surface area contributed by atoms with Crippen molar-refractivity contribution in [3.8, 4) is 0 Å². The predicted molar refractivity (Wildman–Crippen MR) is 57.4 cm³/mol. The van der Waals surface area contributed by atoms with Crippen LogP contribution >= 0.6 is 35.2 Å². The number of halogens is 1. The predicted octanol–water partition coefficient (Wildman–Crippen LogP) is -0.292. The van der Waals surface area contributed by atoms with E-state index in [1.807, 2.05) is 0 Å². The summed E-state index contributed by atoms with van der Waals surface area (Å²) >= 11 is 5.88.